The van der Waals surface area contributed by atoms with Gasteiger partial charge in [-0.05, 0) is 48.9 Å². The lowest BCUT2D eigenvalue weighted by Gasteiger charge is -2.14. The third kappa shape index (κ3) is 4.38. The molecule has 0 radical (unpaired) electrons. The Hall–Kier alpha value is -2.47. The van der Waals surface area contributed by atoms with Gasteiger partial charge in [0.2, 0.25) is 0 Å². The van der Waals surface area contributed by atoms with E-state index in [1.165, 1.54) is 11.1 Å². The minimum Gasteiger partial charge on any atom is -0.376 e. The van der Waals surface area contributed by atoms with E-state index in [0.29, 0.717) is 18.1 Å². The minimum absolute atomic E-state index is 0.117. The number of aromatic nitrogens is 2. The van der Waals surface area contributed by atoms with Crippen molar-refractivity contribution in [3.63, 3.8) is 0 Å². The zero-order chi connectivity index (χ0) is 18.4. The molecule has 138 valence electrons. The van der Waals surface area contributed by atoms with Crippen LogP contribution >= 0.6 is 0 Å². The number of ether oxygens (including phenoxy) is 1. The average Bonchev–Trinajstić information content (AvgIpc) is 3.20. The van der Waals surface area contributed by atoms with Gasteiger partial charge in [-0.3, -0.25) is 4.79 Å². The lowest BCUT2D eigenvalue weighted by molar-refractivity contribution is 0.0853. The summed E-state index contributed by atoms with van der Waals surface area (Å²) in [6.07, 6.45) is 4.04. The quantitative estimate of drug-likeness (QED) is 0.798. The van der Waals surface area contributed by atoms with Crippen molar-refractivity contribution < 1.29 is 9.53 Å². The van der Waals surface area contributed by atoms with E-state index < -0.39 is 0 Å². The van der Waals surface area contributed by atoms with E-state index in [1.807, 2.05) is 0 Å². The van der Waals surface area contributed by atoms with Crippen LogP contribution in [0.1, 0.15) is 48.3 Å². The van der Waals surface area contributed by atoms with E-state index in [0.717, 1.165) is 38.0 Å². The van der Waals surface area contributed by atoms with Gasteiger partial charge in [-0.2, -0.15) is 0 Å². The molecule has 6 heteroatoms. The van der Waals surface area contributed by atoms with Gasteiger partial charge in [0.15, 0.2) is 11.5 Å². The number of hydrogen-bond acceptors (Lipinski definition) is 5. The zero-order valence-electron chi connectivity index (χ0n) is 15.4. The number of aryl methyl sites for hydroxylation is 2. The number of carbonyl (C=O) groups is 1. The first-order chi connectivity index (χ1) is 12.7. The standard InChI is InChI=1S/C20H26N4O2/c1-3-14-7-5-8-15(4-2)19(14)22-18-11-10-17(23-24-18)20(25)21-13-16-9-6-12-26-16/h5,7-8,10-11,16H,3-4,6,9,12-13H2,1-2H3,(H,21,25)(H,22,24). The van der Waals surface area contributed by atoms with Gasteiger partial charge in [0, 0.05) is 18.8 Å². The van der Waals surface area contributed by atoms with Gasteiger partial charge in [0.05, 0.1) is 6.10 Å². The number of amides is 1. The van der Waals surface area contributed by atoms with Gasteiger partial charge >= 0.3 is 0 Å². The van der Waals surface area contributed by atoms with Crippen LogP contribution in [0, 0.1) is 0 Å². The molecule has 2 heterocycles. The Morgan fingerprint density at radius 1 is 1.15 bits per heavy atom. The van der Waals surface area contributed by atoms with Crippen LogP contribution in [0.5, 0.6) is 0 Å². The highest BCUT2D eigenvalue weighted by molar-refractivity contribution is 5.92. The lowest BCUT2D eigenvalue weighted by Crippen LogP contribution is -2.32. The van der Waals surface area contributed by atoms with Crippen LogP contribution < -0.4 is 10.6 Å². The van der Waals surface area contributed by atoms with Crippen molar-refractivity contribution in [2.75, 3.05) is 18.5 Å². The Kier molecular flexibility index (Phi) is 6.17. The molecule has 26 heavy (non-hydrogen) atoms. The Labute approximate surface area is 154 Å². The summed E-state index contributed by atoms with van der Waals surface area (Å²) in [4.78, 5) is 12.2. The zero-order valence-corrected chi connectivity index (χ0v) is 15.4. The van der Waals surface area contributed by atoms with Crippen LogP contribution in [0.15, 0.2) is 30.3 Å². The number of carbonyl (C=O) groups excluding carboxylic acids is 1. The van der Waals surface area contributed by atoms with E-state index in [2.05, 4.69) is 52.9 Å². The van der Waals surface area contributed by atoms with Gasteiger partial charge in [0.1, 0.15) is 0 Å². The fourth-order valence-corrected chi connectivity index (χ4v) is 3.15. The molecule has 1 aliphatic rings. The van der Waals surface area contributed by atoms with Crippen LogP contribution in [-0.4, -0.2) is 35.4 Å². The number of nitrogens with zero attached hydrogens (tertiary/aromatic N) is 2. The number of rotatable bonds is 7. The SMILES string of the molecule is CCc1cccc(CC)c1Nc1ccc(C(=O)NCC2CCCO2)nn1. The van der Waals surface area contributed by atoms with Gasteiger partial charge in [0.25, 0.3) is 5.91 Å². The molecule has 3 rings (SSSR count). The second-order valence-corrected chi connectivity index (χ2v) is 6.43. The molecular weight excluding hydrogens is 328 g/mol. The molecule has 0 saturated carbocycles. The normalized spacial score (nSPS) is 16.5. The van der Waals surface area contributed by atoms with Crippen molar-refractivity contribution in [2.45, 2.75) is 45.6 Å². The number of nitrogens with one attached hydrogen (secondary N) is 2. The summed E-state index contributed by atoms with van der Waals surface area (Å²) in [5.41, 5.74) is 3.88. The van der Waals surface area contributed by atoms with E-state index in [9.17, 15) is 4.79 Å². The smallest absolute Gasteiger partial charge is 0.271 e. The summed E-state index contributed by atoms with van der Waals surface area (Å²) < 4.78 is 5.51. The van der Waals surface area contributed by atoms with Gasteiger partial charge in [-0.25, -0.2) is 0 Å². The van der Waals surface area contributed by atoms with Crippen molar-refractivity contribution in [3.8, 4) is 0 Å². The summed E-state index contributed by atoms with van der Waals surface area (Å²) in [5, 5.41) is 14.5. The molecule has 1 amide bonds. The van der Waals surface area contributed by atoms with Crippen molar-refractivity contribution in [1.82, 2.24) is 15.5 Å². The number of benzene rings is 1. The van der Waals surface area contributed by atoms with Crippen LogP contribution in [0.3, 0.4) is 0 Å². The highest BCUT2D eigenvalue weighted by atomic mass is 16.5. The van der Waals surface area contributed by atoms with E-state index in [1.54, 1.807) is 12.1 Å². The first kappa shape index (κ1) is 18.3. The molecule has 1 fully saturated rings. The van der Waals surface area contributed by atoms with Crippen molar-refractivity contribution in [2.24, 2.45) is 0 Å². The van der Waals surface area contributed by atoms with Crippen LogP contribution in [-0.2, 0) is 17.6 Å². The summed E-state index contributed by atoms with van der Waals surface area (Å²) in [6, 6.07) is 9.79. The summed E-state index contributed by atoms with van der Waals surface area (Å²) in [7, 11) is 0. The molecular formula is C20H26N4O2. The second-order valence-electron chi connectivity index (χ2n) is 6.43. The third-order valence-corrected chi connectivity index (χ3v) is 4.66. The Morgan fingerprint density at radius 3 is 2.50 bits per heavy atom. The predicted molar refractivity (Wildman–Crippen MR) is 102 cm³/mol. The fraction of sp³-hybridized carbons (Fsp3) is 0.450. The maximum absolute atomic E-state index is 12.2. The largest absolute Gasteiger partial charge is 0.376 e. The molecule has 1 unspecified atom stereocenters. The first-order valence-electron chi connectivity index (χ1n) is 9.32. The van der Waals surface area contributed by atoms with Crippen LogP contribution in [0.25, 0.3) is 0 Å². The van der Waals surface area contributed by atoms with Crippen molar-refractivity contribution in [1.29, 1.82) is 0 Å². The summed E-state index contributed by atoms with van der Waals surface area (Å²) >= 11 is 0. The topological polar surface area (TPSA) is 76.1 Å². The Balaban J connectivity index is 1.65. The van der Waals surface area contributed by atoms with Crippen LogP contribution in [0.4, 0.5) is 11.5 Å². The first-order valence-corrected chi connectivity index (χ1v) is 9.32. The third-order valence-electron chi connectivity index (χ3n) is 4.66. The number of para-hydroxylation sites is 1. The molecule has 1 aliphatic heterocycles. The molecule has 1 aromatic heterocycles. The van der Waals surface area contributed by atoms with Crippen molar-refractivity contribution in [3.05, 3.63) is 47.2 Å². The lowest BCUT2D eigenvalue weighted by atomic mass is 10.0. The molecule has 2 aromatic rings. The average molecular weight is 354 g/mol. The van der Waals surface area contributed by atoms with E-state index in [-0.39, 0.29) is 12.0 Å². The Bertz CT molecular complexity index is 718. The number of anilines is 2. The van der Waals surface area contributed by atoms with E-state index >= 15 is 0 Å². The molecule has 2 N–H and O–H groups in total. The molecule has 0 bridgehead atoms. The molecule has 1 saturated heterocycles. The minimum atomic E-state index is -0.220. The Morgan fingerprint density at radius 2 is 1.92 bits per heavy atom. The van der Waals surface area contributed by atoms with Gasteiger partial charge in [-0.15, -0.1) is 10.2 Å². The second kappa shape index (κ2) is 8.76. The highest BCUT2D eigenvalue weighted by Gasteiger charge is 2.17. The van der Waals surface area contributed by atoms with Gasteiger partial charge < -0.3 is 15.4 Å². The summed E-state index contributed by atoms with van der Waals surface area (Å²) in [5.74, 6) is 0.416. The van der Waals surface area contributed by atoms with Crippen LogP contribution in [0.2, 0.25) is 0 Å². The highest BCUT2D eigenvalue weighted by Crippen LogP contribution is 2.25. The molecule has 1 aromatic carbocycles. The maximum atomic E-state index is 12.2. The molecule has 6 nitrogen and oxygen atoms in total. The van der Waals surface area contributed by atoms with E-state index in [4.69, 9.17) is 4.74 Å². The molecule has 0 spiro atoms. The predicted octanol–water partition coefficient (Wildman–Crippen LogP) is 3.25. The van der Waals surface area contributed by atoms with Crippen molar-refractivity contribution >= 4 is 17.4 Å². The number of hydrogen-bond donors (Lipinski definition) is 2. The monoisotopic (exact) mass is 354 g/mol. The molecule has 1 atom stereocenters. The maximum Gasteiger partial charge on any atom is 0.271 e. The summed E-state index contributed by atoms with van der Waals surface area (Å²) in [6.45, 7) is 5.56. The van der Waals surface area contributed by atoms with Gasteiger partial charge in [-0.1, -0.05) is 32.0 Å². The fourth-order valence-electron chi connectivity index (χ4n) is 3.15. The molecule has 0 aliphatic carbocycles.